The summed E-state index contributed by atoms with van der Waals surface area (Å²) in [5.74, 6) is -1.38. The van der Waals surface area contributed by atoms with Gasteiger partial charge < -0.3 is 10.1 Å². The quantitative estimate of drug-likeness (QED) is 0.0635. The van der Waals surface area contributed by atoms with Gasteiger partial charge in [0.25, 0.3) is 17.5 Å². The fraction of sp³-hybridized carbons (Fsp3) is 0.0323. The molecule has 0 saturated carbocycles. The molecule has 214 valence electrons. The van der Waals surface area contributed by atoms with E-state index in [2.05, 4.69) is 15.8 Å². The van der Waals surface area contributed by atoms with Gasteiger partial charge in [-0.1, -0.05) is 35.9 Å². The van der Waals surface area contributed by atoms with E-state index in [0.29, 0.717) is 26.7 Å². The first-order chi connectivity index (χ1) is 20.7. The van der Waals surface area contributed by atoms with E-state index in [1.165, 1.54) is 53.9 Å². The van der Waals surface area contributed by atoms with Crippen molar-refractivity contribution >= 4 is 68.4 Å². The van der Waals surface area contributed by atoms with Crippen LogP contribution in [0.3, 0.4) is 0 Å². The summed E-state index contributed by atoms with van der Waals surface area (Å²) in [4.78, 5) is 48.7. The Morgan fingerprint density at radius 2 is 1.63 bits per heavy atom. The molecule has 12 heteroatoms. The van der Waals surface area contributed by atoms with Gasteiger partial charge in [-0.15, -0.1) is 11.3 Å². The van der Waals surface area contributed by atoms with Gasteiger partial charge in [-0.25, -0.2) is 10.2 Å². The number of non-ortho nitro benzene ring substituents is 1. The summed E-state index contributed by atoms with van der Waals surface area (Å²) < 4.78 is 6.35. The Balaban J connectivity index is 1.19. The molecule has 1 heterocycles. The fourth-order valence-electron chi connectivity index (χ4n) is 3.99. The molecular weight excluding hydrogens is 592 g/mol. The first-order valence-corrected chi connectivity index (χ1v) is 13.9. The third-order valence-corrected chi connectivity index (χ3v) is 7.86. The van der Waals surface area contributed by atoms with E-state index in [1.54, 1.807) is 36.4 Å². The van der Waals surface area contributed by atoms with Crippen LogP contribution in [0.2, 0.25) is 5.02 Å². The minimum atomic E-state index is -0.711. The predicted octanol–water partition coefficient (Wildman–Crippen LogP) is 7.01. The van der Waals surface area contributed by atoms with Gasteiger partial charge in [-0.05, 0) is 67.1 Å². The lowest BCUT2D eigenvalue weighted by Gasteiger charge is -2.07. The molecule has 0 bridgehead atoms. The summed E-state index contributed by atoms with van der Waals surface area (Å²) in [5, 5.41) is 18.8. The molecule has 0 unspecified atom stereocenters. The molecule has 10 nitrogen and oxygen atoms in total. The normalized spacial score (nSPS) is 10.9. The molecule has 0 spiro atoms. The SMILES string of the molecule is Cc1ccc2c(Cl)c(C(=O)Nc3ccc(C(=O)N/N=C\c4ccccc4OC(=O)c4ccc([N+](=O)[O-])cc4)cc3)sc2c1. The van der Waals surface area contributed by atoms with Crippen LogP contribution in [-0.4, -0.2) is 28.9 Å². The van der Waals surface area contributed by atoms with Gasteiger partial charge in [0.1, 0.15) is 10.6 Å². The molecule has 43 heavy (non-hydrogen) atoms. The second kappa shape index (κ2) is 12.6. The number of nitrogens with one attached hydrogen (secondary N) is 2. The van der Waals surface area contributed by atoms with Crippen molar-refractivity contribution in [3.8, 4) is 5.75 Å². The number of halogens is 1. The molecule has 5 aromatic rings. The minimum absolute atomic E-state index is 0.132. The van der Waals surface area contributed by atoms with E-state index in [-0.39, 0.29) is 22.9 Å². The van der Waals surface area contributed by atoms with Crippen molar-refractivity contribution in [1.82, 2.24) is 5.43 Å². The number of thiophene rings is 1. The number of para-hydroxylation sites is 1. The van der Waals surface area contributed by atoms with Gasteiger partial charge in [-0.2, -0.15) is 5.10 Å². The Labute approximate surface area is 253 Å². The highest BCUT2D eigenvalue weighted by Gasteiger charge is 2.18. The van der Waals surface area contributed by atoms with Gasteiger partial charge in [0.15, 0.2) is 0 Å². The molecule has 1 aromatic heterocycles. The maximum atomic E-state index is 12.9. The van der Waals surface area contributed by atoms with Gasteiger partial charge in [0.2, 0.25) is 0 Å². The number of hydrogen-bond acceptors (Lipinski definition) is 8. The summed E-state index contributed by atoms with van der Waals surface area (Å²) in [6.45, 7) is 1.97. The molecule has 2 amide bonds. The Morgan fingerprint density at radius 3 is 2.35 bits per heavy atom. The standard InChI is InChI=1S/C31H21ClN4O6S/c1-18-6-15-24-26(16-18)43-28(27(24)32)30(38)34-22-11-7-19(8-12-22)29(37)35-33-17-21-4-2-3-5-25(21)42-31(39)20-9-13-23(14-10-20)36(40)41/h2-17H,1H3,(H,34,38)(H,35,37)/b33-17-. The van der Waals surface area contributed by atoms with Crippen LogP contribution in [0, 0.1) is 17.0 Å². The van der Waals surface area contributed by atoms with Crippen LogP contribution in [0.1, 0.15) is 41.5 Å². The van der Waals surface area contributed by atoms with Crippen LogP contribution in [0.15, 0.2) is 96.1 Å². The van der Waals surface area contributed by atoms with E-state index in [4.69, 9.17) is 16.3 Å². The monoisotopic (exact) mass is 612 g/mol. The lowest BCUT2D eigenvalue weighted by molar-refractivity contribution is -0.384. The molecule has 0 aliphatic rings. The van der Waals surface area contributed by atoms with Crippen LogP contribution in [-0.2, 0) is 0 Å². The highest BCUT2D eigenvalue weighted by molar-refractivity contribution is 7.21. The molecule has 0 atom stereocenters. The zero-order chi connectivity index (χ0) is 30.5. The molecule has 4 aromatic carbocycles. The summed E-state index contributed by atoms with van der Waals surface area (Å²) in [6, 6.07) is 23.6. The largest absolute Gasteiger partial charge is 0.422 e. The lowest BCUT2D eigenvalue weighted by atomic mass is 10.2. The van der Waals surface area contributed by atoms with E-state index in [1.807, 2.05) is 25.1 Å². The van der Waals surface area contributed by atoms with Crippen LogP contribution in [0.25, 0.3) is 10.1 Å². The van der Waals surface area contributed by atoms with E-state index in [0.717, 1.165) is 15.6 Å². The first-order valence-electron chi connectivity index (χ1n) is 12.7. The second-order valence-electron chi connectivity index (χ2n) is 9.21. The topological polar surface area (TPSA) is 140 Å². The number of anilines is 1. The number of nitro benzene ring substituents is 1. The van der Waals surface area contributed by atoms with Crippen LogP contribution >= 0.6 is 22.9 Å². The molecule has 0 radical (unpaired) electrons. The zero-order valence-corrected chi connectivity index (χ0v) is 23.9. The van der Waals surface area contributed by atoms with E-state index >= 15 is 0 Å². The number of amides is 2. The lowest BCUT2D eigenvalue weighted by Crippen LogP contribution is -2.18. The Hall–Kier alpha value is -5.39. The Morgan fingerprint density at radius 1 is 0.930 bits per heavy atom. The molecule has 2 N–H and O–H groups in total. The van der Waals surface area contributed by atoms with Crippen molar-refractivity contribution in [1.29, 1.82) is 0 Å². The van der Waals surface area contributed by atoms with Crippen molar-refractivity contribution in [2.45, 2.75) is 6.92 Å². The first kappa shape index (κ1) is 29.1. The number of hydrazone groups is 1. The van der Waals surface area contributed by atoms with Crippen molar-refractivity contribution < 1.29 is 24.0 Å². The van der Waals surface area contributed by atoms with Crippen LogP contribution in [0.5, 0.6) is 5.75 Å². The van der Waals surface area contributed by atoms with Crippen LogP contribution in [0.4, 0.5) is 11.4 Å². The molecular formula is C31H21ClN4O6S. The van der Waals surface area contributed by atoms with Gasteiger partial charge in [-0.3, -0.25) is 19.7 Å². The molecule has 0 fully saturated rings. The third-order valence-electron chi connectivity index (χ3n) is 6.20. The number of aryl methyl sites for hydroxylation is 1. The van der Waals surface area contributed by atoms with Crippen molar-refractivity contribution in [3.63, 3.8) is 0 Å². The number of fused-ring (bicyclic) bond motifs is 1. The maximum absolute atomic E-state index is 12.9. The number of carbonyl (C=O) groups excluding carboxylic acids is 3. The van der Waals surface area contributed by atoms with E-state index in [9.17, 15) is 24.5 Å². The number of esters is 1. The van der Waals surface area contributed by atoms with Gasteiger partial charge in [0, 0.05) is 39.0 Å². The smallest absolute Gasteiger partial charge is 0.343 e. The molecule has 0 aliphatic carbocycles. The summed E-state index contributed by atoms with van der Waals surface area (Å²) in [7, 11) is 0. The molecule has 0 aliphatic heterocycles. The average molecular weight is 613 g/mol. The second-order valence-corrected chi connectivity index (χ2v) is 10.6. The Kier molecular flexibility index (Phi) is 8.56. The highest BCUT2D eigenvalue weighted by Crippen LogP contribution is 2.36. The number of hydrogen-bond donors (Lipinski definition) is 2. The zero-order valence-electron chi connectivity index (χ0n) is 22.4. The van der Waals surface area contributed by atoms with Gasteiger partial charge >= 0.3 is 5.97 Å². The van der Waals surface area contributed by atoms with Crippen molar-refractivity contribution in [2.75, 3.05) is 5.32 Å². The molecule has 0 saturated heterocycles. The highest BCUT2D eigenvalue weighted by atomic mass is 35.5. The molecule has 5 rings (SSSR count). The number of rotatable bonds is 8. The summed E-state index contributed by atoms with van der Waals surface area (Å²) >= 11 is 7.76. The number of nitrogens with zero attached hydrogens (tertiary/aromatic N) is 2. The fourth-order valence-corrected chi connectivity index (χ4v) is 5.50. The number of nitro groups is 1. The predicted molar refractivity (Wildman–Crippen MR) is 166 cm³/mol. The Bertz CT molecular complexity index is 1900. The minimum Gasteiger partial charge on any atom is -0.422 e. The maximum Gasteiger partial charge on any atom is 0.343 e. The number of benzene rings is 4. The summed E-state index contributed by atoms with van der Waals surface area (Å²) in [6.07, 6.45) is 1.32. The van der Waals surface area contributed by atoms with Gasteiger partial charge in [0.05, 0.1) is 21.7 Å². The van der Waals surface area contributed by atoms with Crippen molar-refractivity contribution in [2.24, 2.45) is 5.10 Å². The van der Waals surface area contributed by atoms with Crippen molar-refractivity contribution in [3.05, 3.63) is 133 Å². The summed E-state index contributed by atoms with van der Waals surface area (Å²) in [5.41, 5.74) is 4.66. The van der Waals surface area contributed by atoms with Crippen LogP contribution < -0.4 is 15.5 Å². The number of ether oxygens (including phenoxy) is 1. The number of carbonyl (C=O) groups is 3. The third kappa shape index (κ3) is 6.75. The van der Waals surface area contributed by atoms with E-state index < -0.39 is 16.8 Å². The average Bonchev–Trinajstić information content (AvgIpc) is 3.33.